The van der Waals surface area contributed by atoms with Gasteiger partial charge in [0.15, 0.2) is 6.61 Å². The van der Waals surface area contributed by atoms with Crippen molar-refractivity contribution in [1.29, 1.82) is 5.26 Å². The minimum atomic E-state index is -4.03. The summed E-state index contributed by atoms with van der Waals surface area (Å²) in [5, 5.41) is 8.81. The summed E-state index contributed by atoms with van der Waals surface area (Å²) in [4.78, 5) is 23.8. The number of hydrogen-bond donors (Lipinski definition) is 2. The predicted octanol–water partition coefficient (Wildman–Crippen LogP) is 2.30. The average molecular weight is 448 g/mol. The molecule has 0 amide bonds. The van der Waals surface area contributed by atoms with Crippen LogP contribution < -0.4 is 10.5 Å². The second kappa shape index (κ2) is 10.0. The molecule has 2 aromatic carbocycles. The van der Waals surface area contributed by atoms with Crippen molar-refractivity contribution in [2.24, 2.45) is 5.73 Å². The van der Waals surface area contributed by atoms with Gasteiger partial charge in [-0.05, 0) is 30.7 Å². The number of nitrogens with zero attached hydrogens (tertiary/aromatic N) is 1. The summed E-state index contributed by atoms with van der Waals surface area (Å²) in [6.07, 6.45) is 0. The van der Waals surface area contributed by atoms with Gasteiger partial charge in [-0.3, -0.25) is 4.79 Å². The van der Waals surface area contributed by atoms with E-state index < -0.39 is 28.4 Å². The number of nitrogens with two attached hydrogens (primary N) is 1. The number of esters is 1. The van der Waals surface area contributed by atoms with Gasteiger partial charge in [0, 0.05) is 12.2 Å². The van der Waals surface area contributed by atoms with E-state index in [4.69, 9.17) is 27.3 Å². The molecule has 0 aliphatic heterocycles. The summed E-state index contributed by atoms with van der Waals surface area (Å²) in [6, 6.07) is 14.0. The molecule has 0 saturated heterocycles. The van der Waals surface area contributed by atoms with E-state index >= 15 is 0 Å². The number of carbonyl (C=O) groups is 2. The second-order valence-electron chi connectivity index (χ2n) is 6.12. The van der Waals surface area contributed by atoms with Crippen molar-refractivity contribution in [3.63, 3.8) is 0 Å². The minimum absolute atomic E-state index is 0.00270. The Bertz CT molecular complexity index is 1130. The molecule has 0 aliphatic carbocycles. The van der Waals surface area contributed by atoms with Crippen LogP contribution in [0.5, 0.6) is 0 Å². The number of nitriles is 1. The lowest BCUT2D eigenvalue weighted by Gasteiger charge is -2.10. The van der Waals surface area contributed by atoms with Crippen molar-refractivity contribution in [2.75, 3.05) is 6.61 Å². The highest BCUT2D eigenvalue weighted by atomic mass is 35.5. The molecule has 0 aliphatic rings. The Morgan fingerprint density at radius 3 is 2.47 bits per heavy atom. The molecular weight excluding hydrogens is 430 g/mol. The van der Waals surface area contributed by atoms with Crippen LogP contribution in [0.4, 0.5) is 0 Å². The summed E-state index contributed by atoms with van der Waals surface area (Å²) < 4.78 is 32.5. The SMILES string of the molecule is CC(N)=C(C#N)C(=O)COC(=O)c1ccc(Cl)c(S(=O)(=O)NCc2ccccc2)c1. The molecule has 3 N–H and O–H groups in total. The molecule has 0 saturated carbocycles. The van der Waals surface area contributed by atoms with E-state index in [9.17, 15) is 18.0 Å². The Labute approximate surface area is 179 Å². The van der Waals surface area contributed by atoms with Gasteiger partial charge in [0.1, 0.15) is 16.5 Å². The fourth-order valence-corrected chi connectivity index (χ4v) is 3.89. The zero-order chi connectivity index (χ0) is 22.3. The number of Topliss-reactive ketones (excluding diaryl/α,β-unsaturated/α-hetero) is 1. The van der Waals surface area contributed by atoms with Gasteiger partial charge in [0.25, 0.3) is 0 Å². The number of benzene rings is 2. The molecule has 2 rings (SSSR count). The summed E-state index contributed by atoms with van der Waals surface area (Å²) in [6.45, 7) is 0.689. The summed E-state index contributed by atoms with van der Waals surface area (Å²) >= 11 is 6.01. The van der Waals surface area contributed by atoms with E-state index in [1.807, 2.05) is 0 Å². The van der Waals surface area contributed by atoms with Crippen LogP contribution in [0.25, 0.3) is 0 Å². The lowest BCUT2D eigenvalue weighted by Crippen LogP contribution is -2.24. The van der Waals surface area contributed by atoms with Crippen LogP contribution in [-0.4, -0.2) is 26.8 Å². The molecule has 156 valence electrons. The number of halogens is 1. The Morgan fingerprint density at radius 1 is 1.20 bits per heavy atom. The van der Waals surface area contributed by atoms with E-state index in [0.717, 1.165) is 11.6 Å². The van der Waals surface area contributed by atoms with Gasteiger partial charge < -0.3 is 10.5 Å². The van der Waals surface area contributed by atoms with E-state index in [2.05, 4.69) is 4.72 Å². The lowest BCUT2D eigenvalue weighted by atomic mass is 10.1. The zero-order valence-corrected chi connectivity index (χ0v) is 17.5. The van der Waals surface area contributed by atoms with E-state index in [-0.39, 0.29) is 33.3 Å². The third-order valence-electron chi connectivity index (χ3n) is 3.88. The number of allylic oxidation sites excluding steroid dienone is 1. The van der Waals surface area contributed by atoms with Crippen LogP contribution in [0.1, 0.15) is 22.8 Å². The van der Waals surface area contributed by atoms with Crippen LogP contribution in [0.2, 0.25) is 5.02 Å². The molecule has 0 spiro atoms. The van der Waals surface area contributed by atoms with Gasteiger partial charge in [0.2, 0.25) is 15.8 Å². The maximum Gasteiger partial charge on any atom is 0.338 e. The second-order valence-corrected chi connectivity index (χ2v) is 8.27. The highest BCUT2D eigenvalue weighted by Crippen LogP contribution is 2.23. The maximum atomic E-state index is 12.6. The first kappa shape index (κ1) is 23.1. The third kappa shape index (κ3) is 5.90. The first-order valence-electron chi connectivity index (χ1n) is 8.55. The highest BCUT2D eigenvalue weighted by molar-refractivity contribution is 7.89. The van der Waals surface area contributed by atoms with Gasteiger partial charge >= 0.3 is 5.97 Å². The third-order valence-corrected chi connectivity index (χ3v) is 5.77. The number of ether oxygens (including phenoxy) is 1. The Balaban J connectivity index is 2.15. The molecule has 0 radical (unpaired) electrons. The van der Waals surface area contributed by atoms with Crippen molar-refractivity contribution in [3.05, 3.63) is 76.0 Å². The van der Waals surface area contributed by atoms with Crippen LogP contribution in [-0.2, 0) is 26.1 Å². The number of sulfonamides is 1. The van der Waals surface area contributed by atoms with Crippen LogP contribution >= 0.6 is 11.6 Å². The molecule has 0 bridgehead atoms. The van der Waals surface area contributed by atoms with Crippen molar-refractivity contribution < 1.29 is 22.7 Å². The fraction of sp³-hybridized carbons (Fsp3) is 0.150. The van der Waals surface area contributed by atoms with Crippen molar-refractivity contribution in [2.45, 2.75) is 18.4 Å². The number of carbonyl (C=O) groups excluding carboxylic acids is 2. The van der Waals surface area contributed by atoms with Gasteiger partial charge in [-0.2, -0.15) is 5.26 Å². The largest absolute Gasteiger partial charge is 0.454 e. The predicted molar refractivity (Wildman–Crippen MR) is 110 cm³/mol. The topological polar surface area (TPSA) is 139 Å². The monoisotopic (exact) mass is 447 g/mol. The molecule has 2 aromatic rings. The minimum Gasteiger partial charge on any atom is -0.454 e. The van der Waals surface area contributed by atoms with E-state index in [1.165, 1.54) is 19.1 Å². The van der Waals surface area contributed by atoms with Gasteiger partial charge in [0.05, 0.1) is 10.6 Å². The zero-order valence-electron chi connectivity index (χ0n) is 15.9. The highest BCUT2D eigenvalue weighted by Gasteiger charge is 2.21. The molecule has 0 atom stereocenters. The summed E-state index contributed by atoms with van der Waals surface area (Å²) in [7, 11) is -4.03. The van der Waals surface area contributed by atoms with Crippen LogP contribution in [0.15, 0.2) is 64.7 Å². The van der Waals surface area contributed by atoms with Gasteiger partial charge in [-0.25, -0.2) is 17.9 Å². The molecule has 0 fully saturated rings. The quantitative estimate of drug-likeness (QED) is 0.359. The Kier molecular flexibility index (Phi) is 7.72. The first-order chi connectivity index (χ1) is 14.2. The normalized spacial score (nSPS) is 11.9. The Morgan fingerprint density at radius 2 is 1.87 bits per heavy atom. The smallest absolute Gasteiger partial charge is 0.338 e. The Hall–Kier alpha value is -3.19. The van der Waals surface area contributed by atoms with Crippen LogP contribution in [0.3, 0.4) is 0 Å². The number of ketones is 1. The molecule has 0 unspecified atom stereocenters. The molecular formula is C20H18ClN3O5S. The summed E-state index contributed by atoms with van der Waals surface area (Å²) in [5.74, 6) is -1.72. The summed E-state index contributed by atoms with van der Waals surface area (Å²) in [5.41, 5.74) is 5.73. The van der Waals surface area contributed by atoms with Crippen molar-refractivity contribution >= 4 is 33.4 Å². The van der Waals surface area contributed by atoms with Crippen molar-refractivity contribution in [1.82, 2.24) is 4.72 Å². The lowest BCUT2D eigenvalue weighted by molar-refractivity contribution is -0.118. The average Bonchev–Trinajstić information content (AvgIpc) is 2.71. The molecule has 0 aromatic heterocycles. The number of nitrogens with one attached hydrogen (secondary N) is 1. The molecule has 30 heavy (non-hydrogen) atoms. The van der Waals surface area contributed by atoms with Gasteiger partial charge in [-0.15, -0.1) is 0 Å². The molecule has 10 heteroatoms. The van der Waals surface area contributed by atoms with Crippen molar-refractivity contribution in [3.8, 4) is 6.07 Å². The maximum absolute atomic E-state index is 12.6. The number of rotatable bonds is 8. The standard InChI is InChI=1S/C20H18ClN3O5S/c1-13(23)16(10-22)18(25)12-29-20(26)15-7-8-17(21)19(9-15)30(27,28)24-11-14-5-3-2-4-6-14/h2-9,24H,11-12,23H2,1H3. The van der Waals surface area contributed by atoms with Gasteiger partial charge in [-0.1, -0.05) is 41.9 Å². The van der Waals surface area contributed by atoms with E-state index in [1.54, 1.807) is 36.4 Å². The van der Waals surface area contributed by atoms with Crippen LogP contribution in [0, 0.1) is 11.3 Å². The van der Waals surface area contributed by atoms with E-state index in [0.29, 0.717) is 0 Å². The molecule has 8 nitrogen and oxygen atoms in total. The fourth-order valence-electron chi connectivity index (χ4n) is 2.35. The first-order valence-corrected chi connectivity index (χ1v) is 10.4. The molecule has 0 heterocycles. The number of hydrogen-bond acceptors (Lipinski definition) is 7.